The van der Waals surface area contributed by atoms with Crippen LogP contribution in [0, 0.1) is 17.5 Å². The van der Waals surface area contributed by atoms with Crippen molar-refractivity contribution >= 4 is 0 Å². The molecular formula is C16H16F3NO. The zero-order valence-electron chi connectivity index (χ0n) is 11.8. The third kappa shape index (κ3) is 3.19. The zero-order valence-corrected chi connectivity index (χ0v) is 11.8. The van der Waals surface area contributed by atoms with E-state index in [9.17, 15) is 13.2 Å². The zero-order chi connectivity index (χ0) is 15.4. The van der Waals surface area contributed by atoms with Crippen LogP contribution in [0.1, 0.15) is 24.1 Å². The largest absolute Gasteiger partial charge is 0.497 e. The summed E-state index contributed by atoms with van der Waals surface area (Å²) in [5, 5.41) is 3.07. The van der Waals surface area contributed by atoms with Crippen LogP contribution in [0.15, 0.2) is 36.4 Å². The van der Waals surface area contributed by atoms with Gasteiger partial charge in [-0.1, -0.05) is 25.1 Å². The first-order valence-electron chi connectivity index (χ1n) is 6.59. The average Bonchev–Trinajstić information content (AvgIpc) is 2.51. The lowest BCUT2D eigenvalue weighted by molar-refractivity contribution is 0.412. The molecule has 0 spiro atoms. The Balaban J connectivity index is 2.50. The summed E-state index contributed by atoms with van der Waals surface area (Å²) in [5.74, 6) is -3.22. The average molecular weight is 295 g/mol. The second-order valence-corrected chi connectivity index (χ2v) is 4.53. The monoisotopic (exact) mass is 295 g/mol. The molecule has 21 heavy (non-hydrogen) atoms. The maximum atomic E-state index is 14.0. The molecule has 1 N–H and O–H groups in total. The third-order valence-electron chi connectivity index (χ3n) is 3.21. The van der Waals surface area contributed by atoms with E-state index >= 15 is 0 Å². The van der Waals surface area contributed by atoms with Crippen LogP contribution in [0.4, 0.5) is 13.2 Å². The lowest BCUT2D eigenvalue weighted by Crippen LogP contribution is -2.23. The Hall–Kier alpha value is -2.01. The van der Waals surface area contributed by atoms with Crippen molar-refractivity contribution in [2.45, 2.75) is 13.0 Å². The number of rotatable bonds is 5. The molecule has 0 saturated heterocycles. The van der Waals surface area contributed by atoms with E-state index in [-0.39, 0.29) is 5.56 Å². The molecule has 1 atom stereocenters. The number of hydrogen-bond acceptors (Lipinski definition) is 2. The van der Waals surface area contributed by atoms with Crippen LogP contribution in [0.3, 0.4) is 0 Å². The molecule has 0 fully saturated rings. The van der Waals surface area contributed by atoms with Crippen molar-refractivity contribution in [3.8, 4) is 5.75 Å². The second kappa shape index (κ2) is 6.63. The summed E-state index contributed by atoms with van der Waals surface area (Å²) in [6.07, 6.45) is 0. The highest BCUT2D eigenvalue weighted by Gasteiger charge is 2.22. The Morgan fingerprint density at radius 3 is 2.52 bits per heavy atom. The smallest absolute Gasteiger partial charge is 0.194 e. The first kappa shape index (κ1) is 15.4. The molecule has 0 saturated carbocycles. The maximum absolute atomic E-state index is 14.0. The lowest BCUT2D eigenvalue weighted by atomic mass is 9.97. The van der Waals surface area contributed by atoms with Gasteiger partial charge in [-0.2, -0.15) is 0 Å². The first-order valence-corrected chi connectivity index (χ1v) is 6.59. The predicted octanol–water partition coefficient (Wildman–Crippen LogP) is 3.81. The van der Waals surface area contributed by atoms with Crippen molar-refractivity contribution in [1.82, 2.24) is 5.32 Å². The van der Waals surface area contributed by atoms with E-state index < -0.39 is 23.5 Å². The fourth-order valence-corrected chi connectivity index (χ4v) is 2.20. The van der Waals surface area contributed by atoms with E-state index in [1.54, 1.807) is 24.3 Å². The normalized spacial score (nSPS) is 12.2. The van der Waals surface area contributed by atoms with Crippen LogP contribution in [0.5, 0.6) is 5.75 Å². The molecule has 0 amide bonds. The molecule has 2 nitrogen and oxygen atoms in total. The van der Waals surface area contributed by atoms with Crippen molar-refractivity contribution in [1.29, 1.82) is 0 Å². The van der Waals surface area contributed by atoms with Gasteiger partial charge in [0.25, 0.3) is 0 Å². The summed E-state index contributed by atoms with van der Waals surface area (Å²) < 4.78 is 45.7. The molecule has 5 heteroatoms. The van der Waals surface area contributed by atoms with Crippen LogP contribution in [-0.2, 0) is 0 Å². The molecule has 0 aliphatic heterocycles. The van der Waals surface area contributed by atoms with E-state index in [0.29, 0.717) is 17.9 Å². The summed E-state index contributed by atoms with van der Waals surface area (Å²) in [5.41, 5.74) is 0.769. The highest BCUT2D eigenvalue weighted by molar-refractivity contribution is 5.37. The molecule has 2 aromatic carbocycles. The van der Waals surface area contributed by atoms with Gasteiger partial charge in [-0.15, -0.1) is 0 Å². The van der Waals surface area contributed by atoms with Gasteiger partial charge in [-0.3, -0.25) is 0 Å². The van der Waals surface area contributed by atoms with Gasteiger partial charge in [-0.05, 0) is 30.3 Å². The molecule has 0 aliphatic carbocycles. The topological polar surface area (TPSA) is 21.3 Å². The predicted molar refractivity (Wildman–Crippen MR) is 74.8 cm³/mol. The van der Waals surface area contributed by atoms with Crippen molar-refractivity contribution in [3.63, 3.8) is 0 Å². The molecule has 0 aromatic heterocycles. The fourth-order valence-electron chi connectivity index (χ4n) is 2.20. The number of ether oxygens (including phenoxy) is 1. The standard InChI is InChI=1S/C16H16F3NO/c1-3-20-16(10-5-4-6-11(9-10)21-2)12-7-8-13(17)15(19)14(12)18/h4-9,16,20H,3H2,1-2H3. The Bertz CT molecular complexity index is 631. The van der Waals surface area contributed by atoms with Gasteiger partial charge >= 0.3 is 0 Å². The van der Waals surface area contributed by atoms with E-state index in [1.807, 2.05) is 6.92 Å². The SMILES string of the molecule is CCNC(c1cccc(OC)c1)c1ccc(F)c(F)c1F. The van der Waals surface area contributed by atoms with Crippen molar-refractivity contribution in [2.24, 2.45) is 0 Å². The lowest BCUT2D eigenvalue weighted by Gasteiger charge is -2.20. The van der Waals surface area contributed by atoms with E-state index in [0.717, 1.165) is 6.07 Å². The van der Waals surface area contributed by atoms with Gasteiger partial charge in [0, 0.05) is 5.56 Å². The fraction of sp³-hybridized carbons (Fsp3) is 0.250. The Morgan fingerprint density at radius 1 is 1.10 bits per heavy atom. The van der Waals surface area contributed by atoms with E-state index in [2.05, 4.69) is 5.32 Å². The summed E-state index contributed by atoms with van der Waals surface area (Å²) in [6.45, 7) is 2.39. The summed E-state index contributed by atoms with van der Waals surface area (Å²) in [4.78, 5) is 0. The van der Waals surface area contributed by atoms with E-state index in [1.165, 1.54) is 13.2 Å². The molecule has 2 aromatic rings. The molecule has 112 valence electrons. The Kier molecular flexibility index (Phi) is 4.85. The third-order valence-corrected chi connectivity index (χ3v) is 3.21. The van der Waals surface area contributed by atoms with Crippen LogP contribution < -0.4 is 10.1 Å². The van der Waals surface area contributed by atoms with Crippen LogP contribution in [0.2, 0.25) is 0 Å². The minimum atomic E-state index is -1.46. The minimum Gasteiger partial charge on any atom is -0.497 e. The quantitative estimate of drug-likeness (QED) is 0.847. The molecule has 0 heterocycles. The maximum Gasteiger partial charge on any atom is 0.194 e. The number of benzene rings is 2. The molecule has 1 unspecified atom stereocenters. The van der Waals surface area contributed by atoms with Gasteiger partial charge in [0.15, 0.2) is 17.5 Å². The van der Waals surface area contributed by atoms with Gasteiger partial charge in [-0.25, -0.2) is 13.2 Å². The Morgan fingerprint density at radius 2 is 1.86 bits per heavy atom. The second-order valence-electron chi connectivity index (χ2n) is 4.53. The van der Waals surface area contributed by atoms with Crippen molar-refractivity contribution < 1.29 is 17.9 Å². The van der Waals surface area contributed by atoms with Crippen LogP contribution >= 0.6 is 0 Å². The Labute approximate surface area is 121 Å². The van der Waals surface area contributed by atoms with Gasteiger partial charge in [0.1, 0.15) is 5.75 Å². The number of methoxy groups -OCH3 is 1. The molecular weight excluding hydrogens is 279 g/mol. The molecule has 2 rings (SSSR count). The van der Waals surface area contributed by atoms with Gasteiger partial charge < -0.3 is 10.1 Å². The summed E-state index contributed by atoms with van der Waals surface area (Å²) in [6, 6.07) is 8.62. The van der Waals surface area contributed by atoms with Crippen molar-refractivity contribution in [2.75, 3.05) is 13.7 Å². The molecule has 0 radical (unpaired) electrons. The summed E-state index contributed by atoms with van der Waals surface area (Å²) in [7, 11) is 1.53. The van der Waals surface area contributed by atoms with Crippen molar-refractivity contribution in [3.05, 3.63) is 65.0 Å². The summed E-state index contributed by atoms with van der Waals surface area (Å²) >= 11 is 0. The molecule has 0 aliphatic rings. The van der Waals surface area contributed by atoms with Crippen LogP contribution in [-0.4, -0.2) is 13.7 Å². The number of hydrogen-bond donors (Lipinski definition) is 1. The highest BCUT2D eigenvalue weighted by Crippen LogP contribution is 2.28. The van der Waals surface area contributed by atoms with Gasteiger partial charge in [0.05, 0.1) is 13.2 Å². The highest BCUT2D eigenvalue weighted by atomic mass is 19.2. The number of halogens is 3. The molecule has 0 bridgehead atoms. The van der Waals surface area contributed by atoms with Crippen LogP contribution in [0.25, 0.3) is 0 Å². The minimum absolute atomic E-state index is 0.0593. The van der Waals surface area contributed by atoms with Gasteiger partial charge in [0.2, 0.25) is 0 Å². The van der Waals surface area contributed by atoms with E-state index in [4.69, 9.17) is 4.74 Å². The first-order chi connectivity index (χ1) is 10.1. The number of nitrogens with one attached hydrogen (secondary N) is 1.